The molecule has 0 radical (unpaired) electrons. The van der Waals surface area contributed by atoms with Crippen LogP contribution in [0.2, 0.25) is 0 Å². The molecule has 0 saturated heterocycles. The fourth-order valence-corrected chi connectivity index (χ4v) is 2.69. The van der Waals surface area contributed by atoms with E-state index in [4.69, 9.17) is 4.52 Å². The van der Waals surface area contributed by atoms with Gasteiger partial charge < -0.3 is 9.84 Å². The highest BCUT2D eigenvalue weighted by Crippen LogP contribution is 2.20. The number of nitrogens with zero attached hydrogens (tertiary/aromatic N) is 5. The van der Waals surface area contributed by atoms with Gasteiger partial charge in [0.05, 0.1) is 30.2 Å². The first kappa shape index (κ1) is 17.7. The molecule has 9 heteroatoms. The average molecular weight is 380 g/mol. The van der Waals surface area contributed by atoms with Gasteiger partial charge in [-0.05, 0) is 13.0 Å². The Kier molecular flexibility index (Phi) is 4.71. The minimum absolute atomic E-state index is 0.140. The van der Waals surface area contributed by atoms with Crippen LogP contribution in [0, 0.1) is 5.82 Å². The van der Waals surface area contributed by atoms with Gasteiger partial charge >= 0.3 is 0 Å². The van der Waals surface area contributed by atoms with E-state index in [9.17, 15) is 9.18 Å². The summed E-state index contributed by atoms with van der Waals surface area (Å²) in [6.45, 7) is 2.97. The molecule has 0 bridgehead atoms. The minimum Gasteiger partial charge on any atom is -0.355 e. The van der Waals surface area contributed by atoms with Gasteiger partial charge in [-0.25, -0.2) is 4.39 Å². The van der Waals surface area contributed by atoms with E-state index in [-0.39, 0.29) is 18.1 Å². The quantitative estimate of drug-likeness (QED) is 0.555. The Balaban J connectivity index is 1.43. The number of hydrogen-bond donors (Lipinski definition) is 1. The molecule has 8 nitrogen and oxygen atoms in total. The number of carbonyl (C=O) groups is 1. The van der Waals surface area contributed by atoms with E-state index < -0.39 is 5.91 Å². The van der Waals surface area contributed by atoms with Crippen LogP contribution in [0.5, 0.6) is 0 Å². The lowest BCUT2D eigenvalue weighted by molar-refractivity contribution is 0.101. The van der Waals surface area contributed by atoms with E-state index in [2.05, 4.69) is 20.7 Å². The van der Waals surface area contributed by atoms with Gasteiger partial charge in [0, 0.05) is 30.6 Å². The van der Waals surface area contributed by atoms with E-state index >= 15 is 0 Å². The maximum Gasteiger partial charge on any atom is 0.277 e. The summed E-state index contributed by atoms with van der Waals surface area (Å²) in [6, 6.07) is 8.03. The molecular weight excluding hydrogens is 363 g/mol. The van der Waals surface area contributed by atoms with Gasteiger partial charge in [0.15, 0.2) is 11.5 Å². The number of hydrogen-bond acceptors (Lipinski definition) is 5. The van der Waals surface area contributed by atoms with Crippen molar-refractivity contribution >= 4 is 11.6 Å². The standard InChI is InChI=1S/C19H17FN6O2/c1-2-25-11-14(8-21-25)18-7-17(24-28-18)19(27)23-15-9-22-26(12-15)10-13-5-3-4-6-16(13)20/h3-9,11-12H,2,10H2,1H3,(H,23,27). The van der Waals surface area contributed by atoms with E-state index in [0.29, 0.717) is 17.0 Å². The highest BCUT2D eigenvalue weighted by atomic mass is 19.1. The fraction of sp³-hybridized carbons (Fsp3) is 0.158. The van der Waals surface area contributed by atoms with Gasteiger partial charge in [0.1, 0.15) is 5.82 Å². The van der Waals surface area contributed by atoms with Gasteiger partial charge in [-0.1, -0.05) is 23.4 Å². The number of halogens is 1. The van der Waals surface area contributed by atoms with Crippen LogP contribution in [-0.2, 0) is 13.1 Å². The van der Waals surface area contributed by atoms with E-state index in [1.807, 2.05) is 13.1 Å². The number of anilines is 1. The van der Waals surface area contributed by atoms with Gasteiger partial charge in [-0.3, -0.25) is 14.2 Å². The largest absolute Gasteiger partial charge is 0.355 e. The predicted octanol–water partition coefficient (Wildman–Crippen LogP) is 3.19. The average Bonchev–Trinajstić information content (AvgIpc) is 3.43. The summed E-state index contributed by atoms with van der Waals surface area (Å²) in [6.07, 6.45) is 6.58. The van der Waals surface area contributed by atoms with E-state index in [1.54, 1.807) is 46.0 Å². The van der Waals surface area contributed by atoms with Crippen molar-refractivity contribution in [2.75, 3.05) is 5.32 Å². The second-order valence-corrected chi connectivity index (χ2v) is 6.13. The molecule has 0 unspecified atom stereocenters. The maximum atomic E-state index is 13.7. The highest BCUT2D eigenvalue weighted by molar-refractivity contribution is 6.03. The lowest BCUT2D eigenvalue weighted by Gasteiger charge is -2.03. The molecule has 1 aromatic carbocycles. The van der Waals surface area contributed by atoms with Crippen LogP contribution in [-0.4, -0.2) is 30.6 Å². The summed E-state index contributed by atoms with van der Waals surface area (Å²) >= 11 is 0. The molecule has 1 amide bonds. The summed E-state index contributed by atoms with van der Waals surface area (Å²) in [5.74, 6) is -0.270. The Morgan fingerprint density at radius 2 is 2.00 bits per heavy atom. The molecule has 4 rings (SSSR count). The molecule has 0 aliphatic rings. The van der Waals surface area contributed by atoms with Crippen molar-refractivity contribution in [3.8, 4) is 11.3 Å². The summed E-state index contributed by atoms with van der Waals surface area (Å²) < 4.78 is 22.3. The fourth-order valence-electron chi connectivity index (χ4n) is 2.69. The van der Waals surface area contributed by atoms with Crippen LogP contribution in [0.3, 0.4) is 0 Å². The second kappa shape index (κ2) is 7.47. The molecule has 4 aromatic rings. The molecule has 0 atom stereocenters. The zero-order chi connectivity index (χ0) is 19.5. The van der Waals surface area contributed by atoms with Crippen LogP contribution in [0.4, 0.5) is 10.1 Å². The molecule has 1 N–H and O–H groups in total. The molecule has 3 heterocycles. The summed E-state index contributed by atoms with van der Waals surface area (Å²) in [5, 5.41) is 14.8. The van der Waals surface area contributed by atoms with Crippen molar-refractivity contribution in [3.63, 3.8) is 0 Å². The molecule has 0 saturated carbocycles. The molecule has 0 fully saturated rings. The van der Waals surface area contributed by atoms with Gasteiger partial charge in [-0.15, -0.1) is 0 Å². The normalized spacial score (nSPS) is 10.9. The number of amides is 1. The van der Waals surface area contributed by atoms with Crippen LogP contribution in [0.1, 0.15) is 23.0 Å². The first-order valence-electron chi connectivity index (χ1n) is 8.69. The van der Waals surface area contributed by atoms with Gasteiger partial charge in [-0.2, -0.15) is 10.2 Å². The molecule has 142 valence electrons. The molecular formula is C19H17FN6O2. The number of nitrogens with one attached hydrogen (secondary N) is 1. The first-order chi connectivity index (χ1) is 13.6. The van der Waals surface area contributed by atoms with Crippen molar-refractivity contribution in [2.45, 2.75) is 20.0 Å². The molecule has 0 aliphatic heterocycles. The topological polar surface area (TPSA) is 90.8 Å². The Morgan fingerprint density at radius 1 is 1.18 bits per heavy atom. The van der Waals surface area contributed by atoms with Crippen molar-refractivity contribution in [3.05, 3.63) is 72.2 Å². The molecule has 28 heavy (non-hydrogen) atoms. The summed E-state index contributed by atoms with van der Waals surface area (Å²) in [7, 11) is 0. The lowest BCUT2D eigenvalue weighted by Crippen LogP contribution is -2.11. The highest BCUT2D eigenvalue weighted by Gasteiger charge is 2.16. The Labute approximate surface area is 159 Å². The third kappa shape index (κ3) is 3.68. The van der Waals surface area contributed by atoms with Crippen molar-refractivity contribution in [1.82, 2.24) is 24.7 Å². The van der Waals surface area contributed by atoms with Crippen LogP contribution in [0.25, 0.3) is 11.3 Å². The number of aromatic nitrogens is 5. The number of aryl methyl sites for hydroxylation is 1. The van der Waals surface area contributed by atoms with Crippen molar-refractivity contribution in [2.24, 2.45) is 0 Å². The maximum absolute atomic E-state index is 13.7. The van der Waals surface area contributed by atoms with Crippen LogP contribution in [0.15, 0.2) is 59.6 Å². The Morgan fingerprint density at radius 3 is 2.79 bits per heavy atom. The van der Waals surface area contributed by atoms with E-state index in [1.165, 1.54) is 12.3 Å². The molecule has 3 aromatic heterocycles. The van der Waals surface area contributed by atoms with Crippen molar-refractivity contribution in [1.29, 1.82) is 0 Å². The smallest absolute Gasteiger partial charge is 0.277 e. The minimum atomic E-state index is -0.427. The number of carbonyl (C=O) groups excluding carboxylic acids is 1. The van der Waals surface area contributed by atoms with Gasteiger partial charge in [0.2, 0.25) is 0 Å². The first-order valence-corrected chi connectivity index (χ1v) is 8.69. The predicted molar refractivity (Wildman–Crippen MR) is 99.1 cm³/mol. The van der Waals surface area contributed by atoms with E-state index in [0.717, 1.165) is 12.1 Å². The SMILES string of the molecule is CCn1cc(-c2cc(C(=O)Nc3cnn(Cc4ccccc4F)c3)no2)cn1. The molecule has 0 spiro atoms. The van der Waals surface area contributed by atoms with Gasteiger partial charge in [0.25, 0.3) is 5.91 Å². The Bertz CT molecular complexity index is 1110. The second-order valence-electron chi connectivity index (χ2n) is 6.13. The number of benzene rings is 1. The summed E-state index contributed by atoms with van der Waals surface area (Å²) in [5.41, 5.74) is 1.87. The van der Waals surface area contributed by atoms with Crippen LogP contribution >= 0.6 is 0 Å². The number of rotatable bonds is 6. The monoisotopic (exact) mass is 380 g/mol. The lowest BCUT2D eigenvalue weighted by atomic mass is 10.2. The zero-order valence-electron chi connectivity index (χ0n) is 15.0. The molecule has 0 aliphatic carbocycles. The zero-order valence-corrected chi connectivity index (χ0v) is 15.0. The third-order valence-corrected chi connectivity index (χ3v) is 4.17. The summed E-state index contributed by atoms with van der Waals surface area (Å²) in [4.78, 5) is 12.4. The Hall–Kier alpha value is -3.75. The third-order valence-electron chi connectivity index (χ3n) is 4.17. The van der Waals surface area contributed by atoms with Crippen LogP contribution < -0.4 is 5.32 Å². The van der Waals surface area contributed by atoms with Crippen molar-refractivity contribution < 1.29 is 13.7 Å².